The van der Waals surface area contributed by atoms with Crippen molar-refractivity contribution in [2.75, 3.05) is 26.4 Å². The molecule has 2 aliphatic heterocycles. The molecule has 0 bridgehead atoms. The summed E-state index contributed by atoms with van der Waals surface area (Å²) in [5.74, 6) is 0. The molecule has 2 saturated heterocycles. The molecule has 4 rings (SSSR count). The van der Waals surface area contributed by atoms with Crippen molar-refractivity contribution in [3.8, 4) is 0 Å². The Morgan fingerprint density at radius 1 is 0.690 bits per heavy atom. The van der Waals surface area contributed by atoms with Crippen molar-refractivity contribution in [2.45, 2.75) is 57.5 Å². The van der Waals surface area contributed by atoms with Gasteiger partial charge in [-0.3, -0.25) is 0 Å². The van der Waals surface area contributed by atoms with E-state index in [1.807, 2.05) is 0 Å². The van der Waals surface area contributed by atoms with E-state index in [4.69, 9.17) is 18.9 Å². The van der Waals surface area contributed by atoms with E-state index in [2.05, 4.69) is 62.4 Å². The fraction of sp³-hybridized carbons (Fsp3) is 0.520. The molecule has 4 unspecified atom stereocenters. The first-order valence-corrected chi connectivity index (χ1v) is 10.8. The van der Waals surface area contributed by atoms with Crippen molar-refractivity contribution in [2.24, 2.45) is 0 Å². The second kappa shape index (κ2) is 9.86. The molecule has 0 aliphatic carbocycles. The number of hydrogen-bond donors (Lipinski definition) is 0. The zero-order chi connectivity index (χ0) is 20.1. The molecule has 2 aromatic rings. The molecule has 0 saturated carbocycles. The van der Waals surface area contributed by atoms with Gasteiger partial charge in [0, 0.05) is 0 Å². The molecule has 0 radical (unpaired) electrons. The largest absolute Gasteiger partial charge is 0.375 e. The Labute approximate surface area is 174 Å². The van der Waals surface area contributed by atoms with Gasteiger partial charge in [-0.15, -0.1) is 0 Å². The predicted molar refractivity (Wildman–Crippen MR) is 113 cm³/mol. The molecule has 0 spiro atoms. The van der Waals surface area contributed by atoms with E-state index >= 15 is 0 Å². The molecule has 0 aromatic heterocycles. The Morgan fingerprint density at radius 3 is 1.38 bits per heavy atom. The van der Waals surface area contributed by atoms with Crippen molar-refractivity contribution in [3.63, 3.8) is 0 Å². The van der Waals surface area contributed by atoms with Gasteiger partial charge < -0.3 is 18.9 Å². The predicted octanol–water partition coefficient (Wildman–Crippen LogP) is 3.97. The molecular weight excluding hydrogens is 364 g/mol. The maximum atomic E-state index is 5.82. The van der Waals surface area contributed by atoms with Crippen LogP contribution < -0.4 is 0 Å². The standard InChI is InChI=1S/C25H32O4/c1-18(26-14-24-16-28-24)11-20-3-7-22(8-4-20)13-23-9-5-21(6-10-23)12-19(2)27-15-25-17-29-25/h3-10,18-19,24-25H,11-17H2,1-2H3. The van der Waals surface area contributed by atoms with E-state index in [1.54, 1.807) is 0 Å². The van der Waals surface area contributed by atoms with Gasteiger partial charge in [0.15, 0.2) is 0 Å². The SMILES string of the molecule is CC(Cc1ccc(Cc2ccc(CC(C)OCC3CO3)cc2)cc1)OCC1CO1. The lowest BCUT2D eigenvalue weighted by Crippen LogP contribution is -2.15. The molecule has 0 N–H and O–H groups in total. The summed E-state index contributed by atoms with van der Waals surface area (Å²) in [5.41, 5.74) is 5.31. The van der Waals surface area contributed by atoms with Crippen molar-refractivity contribution < 1.29 is 18.9 Å². The maximum absolute atomic E-state index is 5.82. The average molecular weight is 397 g/mol. The van der Waals surface area contributed by atoms with Gasteiger partial charge in [-0.05, 0) is 55.4 Å². The fourth-order valence-corrected chi connectivity index (χ4v) is 3.48. The number of rotatable bonds is 12. The first-order valence-electron chi connectivity index (χ1n) is 10.8. The molecule has 4 atom stereocenters. The number of hydrogen-bond acceptors (Lipinski definition) is 4. The molecule has 0 amide bonds. The van der Waals surface area contributed by atoms with Gasteiger partial charge in [0.1, 0.15) is 12.2 Å². The second-order valence-corrected chi connectivity index (χ2v) is 8.42. The minimum atomic E-state index is 0.223. The molecule has 29 heavy (non-hydrogen) atoms. The number of benzene rings is 2. The molecule has 4 nitrogen and oxygen atoms in total. The van der Waals surface area contributed by atoms with Gasteiger partial charge in [-0.25, -0.2) is 0 Å². The second-order valence-electron chi connectivity index (χ2n) is 8.42. The van der Waals surface area contributed by atoms with Crippen molar-refractivity contribution in [1.29, 1.82) is 0 Å². The van der Waals surface area contributed by atoms with E-state index in [-0.39, 0.29) is 12.2 Å². The lowest BCUT2D eigenvalue weighted by atomic mass is 10.00. The van der Waals surface area contributed by atoms with Crippen LogP contribution in [0.2, 0.25) is 0 Å². The van der Waals surface area contributed by atoms with E-state index in [1.165, 1.54) is 22.3 Å². The quantitative estimate of drug-likeness (QED) is 0.509. The van der Waals surface area contributed by atoms with Gasteiger partial charge in [0.25, 0.3) is 0 Å². The molecule has 2 fully saturated rings. The summed E-state index contributed by atoms with van der Waals surface area (Å²) >= 11 is 0. The topological polar surface area (TPSA) is 43.5 Å². The van der Waals surface area contributed by atoms with Crippen molar-refractivity contribution in [1.82, 2.24) is 0 Å². The van der Waals surface area contributed by atoms with Gasteiger partial charge in [-0.2, -0.15) is 0 Å². The van der Waals surface area contributed by atoms with Crippen LogP contribution in [0.1, 0.15) is 36.1 Å². The Bertz CT molecular complexity index is 682. The van der Waals surface area contributed by atoms with Gasteiger partial charge in [-0.1, -0.05) is 48.5 Å². The van der Waals surface area contributed by atoms with Gasteiger partial charge in [0.2, 0.25) is 0 Å². The van der Waals surface area contributed by atoms with Crippen LogP contribution in [0.25, 0.3) is 0 Å². The van der Waals surface area contributed by atoms with Crippen LogP contribution in [0.3, 0.4) is 0 Å². The van der Waals surface area contributed by atoms with E-state index in [0.29, 0.717) is 12.2 Å². The molecule has 4 heteroatoms. The van der Waals surface area contributed by atoms with Crippen LogP contribution in [0.4, 0.5) is 0 Å². The Balaban J connectivity index is 1.21. The van der Waals surface area contributed by atoms with Crippen LogP contribution in [0.5, 0.6) is 0 Å². The smallest absolute Gasteiger partial charge is 0.104 e. The summed E-state index contributed by atoms with van der Waals surface area (Å²) in [4.78, 5) is 0. The minimum absolute atomic E-state index is 0.223. The summed E-state index contributed by atoms with van der Waals surface area (Å²) in [7, 11) is 0. The van der Waals surface area contributed by atoms with Crippen LogP contribution in [-0.2, 0) is 38.2 Å². The zero-order valence-electron chi connectivity index (χ0n) is 17.5. The monoisotopic (exact) mass is 396 g/mol. The summed E-state index contributed by atoms with van der Waals surface area (Å²) in [6.07, 6.45) is 3.94. The van der Waals surface area contributed by atoms with Crippen LogP contribution in [0, 0.1) is 0 Å². The third-order valence-electron chi connectivity index (χ3n) is 5.44. The number of epoxide rings is 2. The lowest BCUT2D eigenvalue weighted by Gasteiger charge is -2.13. The maximum Gasteiger partial charge on any atom is 0.104 e. The first kappa shape index (κ1) is 20.5. The molecule has 2 aliphatic rings. The molecule has 2 heterocycles. The average Bonchev–Trinajstić information content (AvgIpc) is 3.63. The number of ether oxygens (including phenoxy) is 4. The normalized spacial score (nSPS) is 22.3. The Morgan fingerprint density at radius 2 is 1.03 bits per heavy atom. The summed E-state index contributed by atoms with van der Waals surface area (Å²) < 4.78 is 22.0. The summed E-state index contributed by atoms with van der Waals surface area (Å²) in [6, 6.07) is 17.8. The highest BCUT2D eigenvalue weighted by Gasteiger charge is 2.24. The summed E-state index contributed by atoms with van der Waals surface area (Å²) in [5, 5.41) is 0. The van der Waals surface area contributed by atoms with Crippen molar-refractivity contribution in [3.05, 3.63) is 70.8 Å². The Hall–Kier alpha value is -1.72. The minimum Gasteiger partial charge on any atom is -0.375 e. The van der Waals surface area contributed by atoms with Gasteiger partial charge >= 0.3 is 0 Å². The first-order chi connectivity index (χ1) is 14.1. The van der Waals surface area contributed by atoms with Gasteiger partial charge in [0.05, 0.1) is 38.6 Å². The fourth-order valence-electron chi connectivity index (χ4n) is 3.48. The van der Waals surface area contributed by atoms with Crippen molar-refractivity contribution >= 4 is 0 Å². The highest BCUT2D eigenvalue weighted by Crippen LogP contribution is 2.17. The lowest BCUT2D eigenvalue weighted by molar-refractivity contribution is 0.0547. The molecule has 156 valence electrons. The zero-order valence-corrected chi connectivity index (χ0v) is 17.5. The third kappa shape index (κ3) is 7.23. The Kier molecular flexibility index (Phi) is 6.98. The van der Waals surface area contributed by atoms with Crippen LogP contribution in [0.15, 0.2) is 48.5 Å². The third-order valence-corrected chi connectivity index (χ3v) is 5.44. The van der Waals surface area contributed by atoms with Crippen LogP contribution in [-0.4, -0.2) is 50.8 Å². The van der Waals surface area contributed by atoms with Crippen LogP contribution >= 0.6 is 0 Å². The van der Waals surface area contributed by atoms with E-state index in [9.17, 15) is 0 Å². The van der Waals surface area contributed by atoms with E-state index < -0.39 is 0 Å². The molecule has 2 aromatic carbocycles. The molecular formula is C25H32O4. The van der Waals surface area contributed by atoms with E-state index in [0.717, 1.165) is 45.7 Å². The summed E-state index contributed by atoms with van der Waals surface area (Å²) in [6.45, 7) is 7.40. The highest BCUT2D eigenvalue weighted by molar-refractivity contribution is 5.31. The highest BCUT2D eigenvalue weighted by atomic mass is 16.6.